The van der Waals surface area contributed by atoms with Crippen LogP contribution in [0, 0.1) is 0 Å². The summed E-state index contributed by atoms with van der Waals surface area (Å²) in [5.74, 6) is -0.300. The highest BCUT2D eigenvalue weighted by molar-refractivity contribution is 9.10. The van der Waals surface area contributed by atoms with Crippen LogP contribution in [0.4, 0.5) is 0 Å². The number of carbonyl (C=O) groups is 2. The topological polar surface area (TPSA) is 49.9 Å². The molecule has 0 unspecified atom stereocenters. The Balaban J connectivity index is 1.96. The maximum atomic E-state index is 12.5. The summed E-state index contributed by atoms with van der Waals surface area (Å²) in [6.45, 7) is 3.82. The predicted octanol–water partition coefficient (Wildman–Crippen LogP) is 2.86. The fourth-order valence-electron chi connectivity index (χ4n) is 2.30. The Morgan fingerprint density at radius 1 is 1.18 bits per heavy atom. The van der Waals surface area contributed by atoms with Crippen LogP contribution in [0.3, 0.4) is 0 Å². The van der Waals surface area contributed by atoms with Crippen molar-refractivity contribution < 1.29 is 14.3 Å². The van der Waals surface area contributed by atoms with Gasteiger partial charge in [-0.25, -0.2) is 10.0 Å². The Hall–Kier alpha value is -1.40. The number of hydrogen-bond acceptors (Lipinski definition) is 3. The van der Waals surface area contributed by atoms with Crippen LogP contribution in [-0.2, 0) is 9.53 Å². The van der Waals surface area contributed by atoms with E-state index in [-0.39, 0.29) is 18.4 Å². The molecule has 0 aromatic heterocycles. The van der Waals surface area contributed by atoms with Crippen LogP contribution in [0.2, 0.25) is 0 Å². The van der Waals surface area contributed by atoms with Crippen LogP contribution in [0.15, 0.2) is 28.7 Å². The van der Waals surface area contributed by atoms with Gasteiger partial charge in [-0.15, -0.1) is 0 Å². The van der Waals surface area contributed by atoms with Gasteiger partial charge in [-0.3, -0.25) is 9.59 Å². The van der Waals surface area contributed by atoms with Crippen LogP contribution in [0.5, 0.6) is 0 Å². The van der Waals surface area contributed by atoms with Crippen molar-refractivity contribution in [3.8, 4) is 0 Å². The number of unbranched alkanes of at least 4 members (excludes halogenated alkanes) is 1. The number of benzene rings is 1. The monoisotopic (exact) mass is 368 g/mol. The highest BCUT2D eigenvalue weighted by Gasteiger charge is 2.31. The number of hydrogen-bond donors (Lipinski definition) is 0. The zero-order valence-electron chi connectivity index (χ0n) is 12.8. The van der Waals surface area contributed by atoms with Crippen LogP contribution < -0.4 is 0 Å². The molecule has 5 nitrogen and oxygen atoms in total. The summed E-state index contributed by atoms with van der Waals surface area (Å²) in [4.78, 5) is 24.7. The summed E-state index contributed by atoms with van der Waals surface area (Å²) in [6, 6.07) is 7.16. The minimum Gasteiger partial charge on any atom is -0.372 e. The summed E-state index contributed by atoms with van der Waals surface area (Å²) in [6.07, 6.45) is 2.77. The van der Waals surface area contributed by atoms with E-state index in [4.69, 9.17) is 4.74 Å². The number of ether oxygens (including phenoxy) is 1. The molecule has 120 valence electrons. The highest BCUT2D eigenvalue weighted by Crippen LogP contribution is 2.17. The number of nitrogens with zero attached hydrogens (tertiary/aromatic N) is 2. The lowest BCUT2D eigenvalue weighted by molar-refractivity contribution is -0.145. The summed E-state index contributed by atoms with van der Waals surface area (Å²) in [5.41, 5.74) is 0.579. The molecule has 0 aliphatic carbocycles. The van der Waals surface area contributed by atoms with Gasteiger partial charge in [0.05, 0.1) is 0 Å². The van der Waals surface area contributed by atoms with Gasteiger partial charge in [0.25, 0.3) is 11.8 Å². The van der Waals surface area contributed by atoms with E-state index < -0.39 is 0 Å². The molecule has 2 rings (SSSR count). The third-order valence-electron chi connectivity index (χ3n) is 3.51. The van der Waals surface area contributed by atoms with Gasteiger partial charge in [0.15, 0.2) is 0 Å². The quantitative estimate of drug-likeness (QED) is 0.725. The standard InChI is InChI=1S/C16H21BrN2O3/c1-2-3-11-22-12-15(20)18-9-4-10-19(18)16(21)13-5-7-14(17)8-6-13/h5-8H,2-4,9-12H2,1H3. The minimum atomic E-state index is -0.154. The molecular formula is C16H21BrN2O3. The second-order valence-corrected chi connectivity index (χ2v) is 6.13. The Labute approximate surface area is 139 Å². The van der Waals surface area contributed by atoms with Gasteiger partial charge < -0.3 is 4.74 Å². The summed E-state index contributed by atoms with van der Waals surface area (Å²) < 4.78 is 6.28. The first-order valence-corrected chi connectivity index (χ1v) is 8.38. The molecule has 1 aliphatic rings. The molecule has 0 atom stereocenters. The molecule has 1 aromatic rings. The summed E-state index contributed by atoms with van der Waals surface area (Å²) >= 11 is 3.35. The van der Waals surface area contributed by atoms with Crippen molar-refractivity contribution in [1.82, 2.24) is 10.0 Å². The molecule has 1 aromatic carbocycles. The van der Waals surface area contributed by atoms with Gasteiger partial charge in [0.2, 0.25) is 0 Å². The Morgan fingerprint density at radius 2 is 1.86 bits per heavy atom. The van der Waals surface area contributed by atoms with Crippen LogP contribution in [-0.4, -0.2) is 48.1 Å². The third kappa shape index (κ3) is 4.30. The Kier molecular flexibility index (Phi) is 6.39. The van der Waals surface area contributed by atoms with E-state index >= 15 is 0 Å². The van der Waals surface area contributed by atoms with E-state index in [1.807, 2.05) is 12.1 Å². The van der Waals surface area contributed by atoms with Crippen LogP contribution in [0.25, 0.3) is 0 Å². The van der Waals surface area contributed by atoms with E-state index in [0.717, 1.165) is 23.7 Å². The van der Waals surface area contributed by atoms with Crippen molar-refractivity contribution in [2.24, 2.45) is 0 Å². The third-order valence-corrected chi connectivity index (χ3v) is 4.04. The van der Waals surface area contributed by atoms with Gasteiger partial charge in [0.1, 0.15) is 6.61 Å². The first-order valence-electron chi connectivity index (χ1n) is 7.59. The van der Waals surface area contributed by atoms with Gasteiger partial charge in [-0.2, -0.15) is 0 Å². The smallest absolute Gasteiger partial charge is 0.272 e. The number of hydrazine groups is 1. The lowest BCUT2D eigenvalue weighted by atomic mass is 10.2. The van der Waals surface area contributed by atoms with E-state index in [9.17, 15) is 9.59 Å². The maximum Gasteiger partial charge on any atom is 0.272 e. The fraction of sp³-hybridized carbons (Fsp3) is 0.500. The molecule has 0 radical (unpaired) electrons. The zero-order chi connectivity index (χ0) is 15.9. The molecule has 22 heavy (non-hydrogen) atoms. The second-order valence-electron chi connectivity index (χ2n) is 5.21. The van der Waals surface area contributed by atoms with Crippen molar-refractivity contribution in [1.29, 1.82) is 0 Å². The normalized spacial score (nSPS) is 14.5. The second kappa shape index (κ2) is 8.29. The van der Waals surface area contributed by atoms with E-state index in [0.29, 0.717) is 25.3 Å². The van der Waals surface area contributed by atoms with E-state index in [1.165, 1.54) is 10.0 Å². The number of carbonyl (C=O) groups excluding carboxylic acids is 2. The van der Waals surface area contributed by atoms with Crippen molar-refractivity contribution in [3.05, 3.63) is 34.3 Å². The molecule has 1 aliphatic heterocycles. The first kappa shape index (κ1) is 17.0. The molecular weight excluding hydrogens is 348 g/mol. The maximum absolute atomic E-state index is 12.5. The molecule has 0 spiro atoms. The van der Waals surface area contributed by atoms with Crippen molar-refractivity contribution in [2.75, 3.05) is 26.3 Å². The molecule has 6 heteroatoms. The molecule has 2 amide bonds. The van der Waals surface area contributed by atoms with Gasteiger partial charge in [-0.05, 0) is 37.1 Å². The lowest BCUT2D eigenvalue weighted by Gasteiger charge is -2.27. The number of amides is 2. The zero-order valence-corrected chi connectivity index (χ0v) is 14.3. The summed E-state index contributed by atoms with van der Waals surface area (Å²) in [7, 11) is 0. The minimum absolute atomic E-state index is 0.0319. The molecule has 1 heterocycles. The van der Waals surface area contributed by atoms with Crippen LogP contribution >= 0.6 is 15.9 Å². The molecule has 0 N–H and O–H groups in total. The summed E-state index contributed by atoms with van der Waals surface area (Å²) in [5, 5.41) is 3.03. The molecule has 1 saturated heterocycles. The number of rotatable bonds is 6. The molecule has 0 saturated carbocycles. The Morgan fingerprint density at radius 3 is 2.55 bits per heavy atom. The molecule has 0 bridgehead atoms. The van der Waals surface area contributed by atoms with Crippen molar-refractivity contribution >= 4 is 27.7 Å². The average molecular weight is 369 g/mol. The Bertz CT molecular complexity index is 519. The van der Waals surface area contributed by atoms with Gasteiger partial charge >= 0.3 is 0 Å². The fourth-order valence-corrected chi connectivity index (χ4v) is 2.57. The van der Waals surface area contributed by atoms with Gasteiger partial charge in [-0.1, -0.05) is 29.3 Å². The SMILES string of the molecule is CCCCOCC(=O)N1CCCN1C(=O)c1ccc(Br)cc1. The lowest BCUT2D eigenvalue weighted by Crippen LogP contribution is -2.46. The van der Waals surface area contributed by atoms with Crippen molar-refractivity contribution in [3.63, 3.8) is 0 Å². The van der Waals surface area contributed by atoms with Crippen molar-refractivity contribution in [2.45, 2.75) is 26.2 Å². The van der Waals surface area contributed by atoms with Crippen LogP contribution in [0.1, 0.15) is 36.5 Å². The predicted molar refractivity (Wildman–Crippen MR) is 87.2 cm³/mol. The van der Waals surface area contributed by atoms with Gasteiger partial charge in [0, 0.05) is 29.7 Å². The highest BCUT2D eigenvalue weighted by atomic mass is 79.9. The largest absolute Gasteiger partial charge is 0.372 e. The van der Waals surface area contributed by atoms with E-state index in [1.54, 1.807) is 12.1 Å². The van der Waals surface area contributed by atoms with E-state index in [2.05, 4.69) is 22.9 Å². The first-order chi connectivity index (χ1) is 10.6. The molecule has 1 fully saturated rings. The number of halogens is 1. The average Bonchev–Trinajstić information content (AvgIpc) is 3.01.